The molecule has 0 aliphatic heterocycles. The third kappa shape index (κ3) is 5.13. The molecular formula is C24H19ClIN3O3S. The van der Waals surface area contributed by atoms with Gasteiger partial charge in [0.05, 0.1) is 16.1 Å². The van der Waals surface area contributed by atoms with E-state index in [1.807, 2.05) is 24.3 Å². The fraction of sp³-hybridized carbons (Fsp3) is 0.125. The van der Waals surface area contributed by atoms with Crippen LogP contribution < -0.4 is 10.6 Å². The molecule has 33 heavy (non-hydrogen) atoms. The summed E-state index contributed by atoms with van der Waals surface area (Å²) in [6.45, 7) is 3.83. The van der Waals surface area contributed by atoms with Gasteiger partial charge in [0.1, 0.15) is 11.3 Å². The zero-order valence-corrected chi connectivity index (χ0v) is 21.4. The fourth-order valence-electron chi connectivity index (χ4n) is 3.33. The number of oxazole rings is 1. The van der Waals surface area contributed by atoms with Crippen molar-refractivity contribution in [2.45, 2.75) is 20.3 Å². The number of aromatic hydroxyl groups is 1. The maximum absolute atomic E-state index is 12.6. The molecule has 0 aliphatic carbocycles. The number of rotatable bonds is 4. The second kappa shape index (κ2) is 9.66. The van der Waals surface area contributed by atoms with Gasteiger partial charge in [-0.05, 0) is 102 Å². The smallest absolute Gasteiger partial charge is 0.258 e. The van der Waals surface area contributed by atoms with E-state index in [4.69, 9.17) is 28.2 Å². The van der Waals surface area contributed by atoms with Crippen molar-refractivity contribution in [2.75, 3.05) is 5.32 Å². The van der Waals surface area contributed by atoms with Crippen molar-refractivity contribution in [3.63, 3.8) is 0 Å². The molecule has 0 bridgehead atoms. The van der Waals surface area contributed by atoms with Gasteiger partial charge in [-0.2, -0.15) is 0 Å². The van der Waals surface area contributed by atoms with Crippen molar-refractivity contribution in [3.05, 3.63) is 73.8 Å². The fourth-order valence-corrected chi connectivity index (χ4v) is 4.23. The first-order chi connectivity index (χ1) is 15.7. The standard InChI is InChI=1S/C24H19ClIN3O3S/c1-3-13-4-7-20-19(9-13)28-23(32-20)17-11-15(8-12(2)21(17)30)27-24(33)29-22(31)16-10-14(26)5-6-18(16)25/h4-11,30H,3H2,1-2H3,(H2,27,29,31,33). The van der Waals surface area contributed by atoms with Crippen molar-refractivity contribution in [3.8, 4) is 17.2 Å². The summed E-state index contributed by atoms with van der Waals surface area (Å²) < 4.78 is 6.76. The Morgan fingerprint density at radius 1 is 1.21 bits per heavy atom. The average Bonchev–Trinajstić information content (AvgIpc) is 3.20. The molecule has 0 spiro atoms. The highest BCUT2D eigenvalue weighted by Crippen LogP contribution is 2.36. The topological polar surface area (TPSA) is 87.4 Å². The minimum atomic E-state index is -0.419. The van der Waals surface area contributed by atoms with Gasteiger partial charge in [-0.25, -0.2) is 4.98 Å². The lowest BCUT2D eigenvalue weighted by Gasteiger charge is -2.13. The highest BCUT2D eigenvalue weighted by atomic mass is 127. The maximum Gasteiger partial charge on any atom is 0.258 e. The molecule has 1 aromatic heterocycles. The number of nitrogens with one attached hydrogen (secondary N) is 2. The molecule has 9 heteroatoms. The Kier molecular flexibility index (Phi) is 6.87. The number of phenols is 1. The number of aromatic nitrogens is 1. The number of hydrogen-bond acceptors (Lipinski definition) is 5. The van der Waals surface area contributed by atoms with Crippen LogP contribution in [-0.2, 0) is 6.42 Å². The lowest BCUT2D eigenvalue weighted by Crippen LogP contribution is -2.34. The Bertz CT molecular complexity index is 1400. The number of carbonyl (C=O) groups is 1. The van der Waals surface area contributed by atoms with E-state index in [-0.39, 0.29) is 10.9 Å². The Hall–Kier alpha value is -2.69. The summed E-state index contributed by atoms with van der Waals surface area (Å²) in [6, 6.07) is 14.4. The van der Waals surface area contributed by atoms with Crippen LogP contribution in [0.4, 0.5) is 5.69 Å². The molecule has 1 amide bonds. The Morgan fingerprint density at radius 2 is 2.00 bits per heavy atom. The van der Waals surface area contributed by atoms with Crippen LogP contribution >= 0.6 is 46.4 Å². The molecule has 6 nitrogen and oxygen atoms in total. The summed E-state index contributed by atoms with van der Waals surface area (Å²) in [5.41, 5.74) is 4.41. The molecule has 1 heterocycles. The molecule has 0 saturated heterocycles. The van der Waals surface area contributed by atoms with Crippen molar-refractivity contribution in [2.24, 2.45) is 0 Å². The third-order valence-corrected chi connectivity index (χ3v) is 6.25. The lowest BCUT2D eigenvalue weighted by atomic mass is 10.1. The van der Waals surface area contributed by atoms with Gasteiger partial charge in [-0.15, -0.1) is 0 Å². The van der Waals surface area contributed by atoms with Crippen LogP contribution in [0.5, 0.6) is 5.75 Å². The quantitative estimate of drug-likeness (QED) is 0.144. The lowest BCUT2D eigenvalue weighted by molar-refractivity contribution is 0.0978. The van der Waals surface area contributed by atoms with Crippen LogP contribution in [0.15, 0.2) is 52.9 Å². The zero-order valence-electron chi connectivity index (χ0n) is 17.7. The van der Waals surface area contributed by atoms with E-state index in [2.05, 4.69) is 45.1 Å². The van der Waals surface area contributed by atoms with Gasteiger partial charge in [-0.3, -0.25) is 10.1 Å². The predicted molar refractivity (Wildman–Crippen MR) is 143 cm³/mol. The maximum atomic E-state index is 12.6. The van der Waals surface area contributed by atoms with Crippen LogP contribution in [0.25, 0.3) is 22.6 Å². The van der Waals surface area contributed by atoms with E-state index in [0.717, 1.165) is 21.1 Å². The number of amides is 1. The monoisotopic (exact) mass is 591 g/mol. The SMILES string of the molecule is CCc1ccc2oc(-c3cc(NC(=S)NC(=O)c4cc(I)ccc4Cl)cc(C)c3O)nc2c1. The van der Waals surface area contributed by atoms with Gasteiger partial charge in [0, 0.05) is 9.26 Å². The van der Waals surface area contributed by atoms with Gasteiger partial charge < -0.3 is 14.8 Å². The summed E-state index contributed by atoms with van der Waals surface area (Å²) in [5, 5.41) is 16.7. The summed E-state index contributed by atoms with van der Waals surface area (Å²) in [5.74, 6) is -0.0658. The van der Waals surface area contributed by atoms with E-state index in [1.54, 1.807) is 31.2 Å². The molecular weight excluding hydrogens is 573 g/mol. The molecule has 4 aromatic rings. The van der Waals surface area contributed by atoms with Crippen molar-refractivity contribution in [1.29, 1.82) is 0 Å². The molecule has 4 rings (SSSR count). The van der Waals surface area contributed by atoms with Crippen molar-refractivity contribution < 1.29 is 14.3 Å². The molecule has 0 fully saturated rings. The zero-order chi connectivity index (χ0) is 23.7. The van der Waals surface area contributed by atoms with E-state index in [0.29, 0.717) is 38.9 Å². The van der Waals surface area contributed by atoms with Gasteiger partial charge in [0.25, 0.3) is 5.91 Å². The summed E-state index contributed by atoms with van der Waals surface area (Å²) in [4.78, 5) is 17.1. The molecule has 3 N–H and O–H groups in total. The van der Waals surface area contributed by atoms with Crippen molar-refractivity contribution in [1.82, 2.24) is 10.3 Å². The van der Waals surface area contributed by atoms with E-state index in [9.17, 15) is 9.90 Å². The molecule has 0 saturated carbocycles. The first-order valence-electron chi connectivity index (χ1n) is 10.1. The Balaban J connectivity index is 1.59. The molecule has 0 atom stereocenters. The second-order valence-electron chi connectivity index (χ2n) is 7.40. The van der Waals surface area contributed by atoms with E-state index in [1.165, 1.54) is 0 Å². The number of carbonyl (C=O) groups excluding carboxylic acids is 1. The normalized spacial score (nSPS) is 10.9. The number of thiocarbonyl (C=S) groups is 1. The number of hydrogen-bond donors (Lipinski definition) is 3. The number of phenolic OH excluding ortho intramolecular Hbond substituents is 1. The Morgan fingerprint density at radius 3 is 2.76 bits per heavy atom. The number of anilines is 1. The average molecular weight is 592 g/mol. The third-order valence-electron chi connectivity index (χ3n) is 5.05. The first-order valence-corrected chi connectivity index (χ1v) is 11.9. The molecule has 3 aromatic carbocycles. The van der Waals surface area contributed by atoms with Crippen LogP contribution in [0.3, 0.4) is 0 Å². The van der Waals surface area contributed by atoms with E-state index < -0.39 is 5.91 Å². The molecule has 168 valence electrons. The van der Waals surface area contributed by atoms with Gasteiger partial charge in [0.15, 0.2) is 10.7 Å². The first kappa shape index (κ1) is 23.5. The number of benzene rings is 3. The Labute approximate surface area is 214 Å². The number of fused-ring (bicyclic) bond motifs is 1. The van der Waals surface area contributed by atoms with Gasteiger partial charge >= 0.3 is 0 Å². The van der Waals surface area contributed by atoms with E-state index >= 15 is 0 Å². The molecule has 0 aliphatic rings. The highest BCUT2D eigenvalue weighted by Gasteiger charge is 2.17. The van der Waals surface area contributed by atoms with Crippen LogP contribution in [0, 0.1) is 10.5 Å². The van der Waals surface area contributed by atoms with Crippen molar-refractivity contribution >= 4 is 74.2 Å². The van der Waals surface area contributed by atoms with Crippen LogP contribution in [-0.4, -0.2) is 21.1 Å². The summed E-state index contributed by atoms with van der Waals surface area (Å²) >= 11 is 13.6. The largest absolute Gasteiger partial charge is 0.507 e. The minimum Gasteiger partial charge on any atom is -0.507 e. The molecule has 0 radical (unpaired) electrons. The van der Waals surface area contributed by atoms with Crippen LogP contribution in [0.1, 0.15) is 28.4 Å². The number of halogens is 2. The number of aryl methyl sites for hydroxylation is 2. The predicted octanol–water partition coefficient (Wildman–Crippen LogP) is 6.46. The van der Waals surface area contributed by atoms with Gasteiger partial charge in [-0.1, -0.05) is 24.6 Å². The molecule has 0 unspecified atom stereocenters. The van der Waals surface area contributed by atoms with Gasteiger partial charge in [0.2, 0.25) is 5.89 Å². The second-order valence-corrected chi connectivity index (χ2v) is 9.46. The summed E-state index contributed by atoms with van der Waals surface area (Å²) in [6.07, 6.45) is 0.887. The number of nitrogens with zero attached hydrogens (tertiary/aromatic N) is 1. The highest BCUT2D eigenvalue weighted by molar-refractivity contribution is 14.1. The summed E-state index contributed by atoms with van der Waals surface area (Å²) in [7, 11) is 0. The van der Waals surface area contributed by atoms with Crippen LogP contribution in [0.2, 0.25) is 5.02 Å². The minimum absolute atomic E-state index is 0.0587.